The predicted molar refractivity (Wildman–Crippen MR) is 95.4 cm³/mol. The van der Waals surface area contributed by atoms with Crippen molar-refractivity contribution in [2.45, 2.75) is 13.5 Å². The zero-order valence-electron chi connectivity index (χ0n) is 14.2. The molecular formula is C19H20N4O2. The topological polar surface area (TPSA) is 71.1 Å². The Kier molecular flexibility index (Phi) is 4.29. The highest BCUT2D eigenvalue weighted by molar-refractivity contribution is 6.05. The van der Waals surface area contributed by atoms with E-state index in [2.05, 4.69) is 26.1 Å². The maximum absolute atomic E-state index is 11.7. The van der Waals surface area contributed by atoms with E-state index < -0.39 is 0 Å². The molecule has 0 aliphatic carbocycles. The van der Waals surface area contributed by atoms with E-state index in [-0.39, 0.29) is 5.78 Å². The molecule has 1 fully saturated rings. The molecule has 3 heterocycles. The lowest BCUT2D eigenvalue weighted by Gasteiger charge is -2.26. The lowest BCUT2D eigenvalue weighted by Crippen LogP contribution is -2.35. The molecule has 128 valence electrons. The van der Waals surface area contributed by atoms with E-state index in [1.165, 1.54) is 12.5 Å². The molecule has 0 spiro atoms. The summed E-state index contributed by atoms with van der Waals surface area (Å²) in [4.78, 5) is 18.5. The van der Waals surface area contributed by atoms with Gasteiger partial charge in [0.15, 0.2) is 5.78 Å². The minimum Gasteiger partial charge on any atom is -0.379 e. The van der Waals surface area contributed by atoms with Crippen molar-refractivity contribution < 1.29 is 9.53 Å². The molecule has 0 radical (unpaired) electrons. The van der Waals surface area contributed by atoms with Gasteiger partial charge in [-0.05, 0) is 29.3 Å². The summed E-state index contributed by atoms with van der Waals surface area (Å²) in [5.74, 6) is -0.0393. The van der Waals surface area contributed by atoms with E-state index >= 15 is 0 Å². The van der Waals surface area contributed by atoms with Gasteiger partial charge in [0.05, 0.1) is 18.7 Å². The van der Waals surface area contributed by atoms with Gasteiger partial charge in [0.2, 0.25) is 0 Å². The SMILES string of the molecule is CC(=O)c1n[nH]c2ccc(-c3cncc(CN4CCOCC4)c3)cc12. The van der Waals surface area contributed by atoms with E-state index in [4.69, 9.17) is 4.74 Å². The van der Waals surface area contributed by atoms with Gasteiger partial charge in [-0.1, -0.05) is 6.07 Å². The highest BCUT2D eigenvalue weighted by atomic mass is 16.5. The molecule has 6 heteroatoms. The number of fused-ring (bicyclic) bond motifs is 1. The van der Waals surface area contributed by atoms with Crippen LogP contribution < -0.4 is 0 Å². The van der Waals surface area contributed by atoms with E-state index in [9.17, 15) is 4.79 Å². The molecule has 1 N–H and O–H groups in total. The summed E-state index contributed by atoms with van der Waals surface area (Å²) in [6, 6.07) is 8.15. The lowest BCUT2D eigenvalue weighted by atomic mass is 10.0. The molecule has 3 aromatic rings. The number of morpholine rings is 1. The van der Waals surface area contributed by atoms with Crippen LogP contribution in [0.3, 0.4) is 0 Å². The Morgan fingerprint density at radius 3 is 2.84 bits per heavy atom. The Hall–Kier alpha value is -2.57. The molecule has 1 aliphatic rings. The number of benzene rings is 1. The molecule has 1 aromatic carbocycles. The summed E-state index contributed by atoms with van der Waals surface area (Å²) in [7, 11) is 0. The van der Waals surface area contributed by atoms with Crippen molar-refractivity contribution in [1.82, 2.24) is 20.1 Å². The average Bonchev–Trinajstić information content (AvgIpc) is 3.06. The standard InChI is InChI=1S/C19H20N4O2/c1-13(24)19-17-9-15(2-3-18(17)21-22-19)16-8-14(10-20-11-16)12-23-4-6-25-7-5-23/h2-3,8-11H,4-7,12H2,1H3,(H,21,22). The first-order valence-corrected chi connectivity index (χ1v) is 8.44. The molecule has 0 saturated carbocycles. The summed E-state index contributed by atoms with van der Waals surface area (Å²) < 4.78 is 5.40. The van der Waals surface area contributed by atoms with Crippen LogP contribution in [0, 0.1) is 0 Å². The fourth-order valence-electron chi connectivity index (χ4n) is 3.21. The number of pyridine rings is 1. The zero-order chi connectivity index (χ0) is 17.2. The van der Waals surface area contributed by atoms with Crippen LogP contribution in [0.5, 0.6) is 0 Å². The lowest BCUT2D eigenvalue weighted by molar-refractivity contribution is 0.0341. The van der Waals surface area contributed by atoms with Gasteiger partial charge in [-0.25, -0.2) is 0 Å². The van der Waals surface area contributed by atoms with Gasteiger partial charge in [0.1, 0.15) is 5.69 Å². The number of hydrogen-bond acceptors (Lipinski definition) is 5. The van der Waals surface area contributed by atoms with E-state index in [1.54, 1.807) is 0 Å². The number of ether oxygens (including phenoxy) is 1. The van der Waals surface area contributed by atoms with E-state index in [1.807, 2.05) is 30.6 Å². The van der Waals surface area contributed by atoms with Crippen molar-refractivity contribution >= 4 is 16.7 Å². The highest BCUT2D eigenvalue weighted by Gasteiger charge is 2.13. The Morgan fingerprint density at radius 1 is 1.20 bits per heavy atom. The maximum atomic E-state index is 11.7. The number of carbonyl (C=O) groups excluding carboxylic acids is 1. The van der Waals surface area contributed by atoms with Crippen LogP contribution in [0.25, 0.3) is 22.0 Å². The molecule has 2 aromatic heterocycles. The minimum absolute atomic E-state index is 0.0393. The zero-order valence-corrected chi connectivity index (χ0v) is 14.2. The third-order valence-electron chi connectivity index (χ3n) is 4.53. The second kappa shape index (κ2) is 6.74. The first-order chi connectivity index (χ1) is 12.2. The number of aromatic nitrogens is 3. The van der Waals surface area contributed by atoms with Crippen LogP contribution in [-0.2, 0) is 11.3 Å². The maximum Gasteiger partial charge on any atom is 0.180 e. The van der Waals surface area contributed by atoms with Crippen molar-refractivity contribution in [3.05, 3.63) is 47.9 Å². The number of aromatic amines is 1. The quantitative estimate of drug-likeness (QED) is 0.742. The Bertz CT molecular complexity index is 913. The average molecular weight is 336 g/mol. The number of nitrogens with one attached hydrogen (secondary N) is 1. The smallest absolute Gasteiger partial charge is 0.180 e. The fourth-order valence-corrected chi connectivity index (χ4v) is 3.21. The Morgan fingerprint density at radius 2 is 2.04 bits per heavy atom. The second-order valence-electron chi connectivity index (χ2n) is 6.36. The second-order valence-corrected chi connectivity index (χ2v) is 6.36. The molecule has 6 nitrogen and oxygen atoms in total. The number of carbonyl (C=O) groups is 1. The molecule has 0 unspecified atom stereocenters. The van der Waals surface area contributed by atoms with Gasteiger partial charge in [-0.15, -0.1) is 0 Å². The van der Waals surface area contributed by atoms with Gasteiger partial charge in [-0.2, -0.15) is 5.10 Å². The van der Waals surface area contributed by atoms with Crippen LogP contribution in [-0.4, -0.2) is 52.2 Å². The van der Waals surface area contributed by atoms with Gasteiger partial charge in [-0.3, -0.25) is 19.8 Å². The molecule has 0 atom stereocenters. The minimum atomic E-state index is -0.0393. The van der Waals surface area contributed by atoms with Gasteiger partial charge in [0, 0.05) is 49.9 Å². The van der Waals surface area contributed by atoms with Crippen molar-refractivity contribution in [1.29, 1.82) is 0 Å². The molecule has 1 saturated heterocycles. The first kappa shape index (κ1) is 15.9. The number of hydrogen-bond donors (Lipinski definition) is 1. The number of ketones is 1. The third kappa shape index (κ3) is 3.31. The first-order valence-electron chi connectivity index (χ1n) is 8.44. The highest BCUT2D eigenvalue weighted by Crippen LogP contribution is 2.26. The van der Waals surface area contributed by atoms with Crippen molar-refractivity contribution in [2.75, 3.05) is 26.3 Å². The third-order valence-corrected chi connectivity index (χ3v) is 4.53. The van der Waals surface area contributed by atoms with Gasteiger partial charge in [0.25, 0.3) is 0 Å². The Balaban J connectivity index is 1.64. The largest absolute Gasteiger partial charge is 0.379 e. The van der Waals surface area contributed by atoms with Crippen molar-refractivity contribution in [2.24, 2.45) is 0 Å². The molecule has 25 heavy (non-hydrogen) atoms. The van der Waals surface area contributed by atoms with Crippen LogP contribution in [0.2, 0.25) is 0 Å². The van der Waals surface area contributed by atoms with Crippen LogP contribution in [0.1, 0.15) is 23.0 Å². The van der Waals surface area contributed by atoms with Crippen LogP contribution in [0.15, 0.2) is 36.7 Å². The van der Waals surface area contributed by atoms with Gasteiger partial charge < -0.3 is 4.74 Å². The van der Waals surface area contributed by atoms with Crippen molar-refractivity contribution in [3.63, 3.8) is 0 Å². The summed E-state index contributed by atoms with van der Waals surface area (Å²) in [5.41, 5.74) is 4.61. The molecule has 4 rings (SSSR count). The monoisotopic (exact) mass is 336 g/mol. The molecule has 0 bridgehead atoms. The number of rotatable bonds is 4. The summed E-state index contributed by atoms with van der Waals surface area (Å²) in [5, 5.41) is 7.88. The van der Waals surface area contributed by atoms with Gasteiger partial charge >= 0.3 is 0 Å². The van der Waals surface area contributed by atoms with E-state index in [0.29, 0.717) is 5.69 Å². The van der Waals surface area contributed by atoms with Crippen molar-refractivity contribution in [3.8, 4) is 11.1 Å². The summed E-state index contributed by atoms with van der Waals surface area (Å²) >= 11 is 0. The molecular weight excluding hydrogens is 316 g/mol. The number of Topliss-reactive ketones (excluding diaryl/α,β-unsaturated/α-hetero) is 1. The number of nitrogens with zero attached hydrogens (tertiary/aromatic N) is 3. The Labute approximate surface area is 145 Å². The van der Waals surface area contributed by atoms with Crippen LogP contribution >= 0.6 is 0 Å². The molecule has 1 aliphatic heterocycles. The summed E-state index contributed by atoms with van der Waals surface area (Å²) in [6.07, 6.45) is 3.77. The van der Waals surface area contributed by atoms with Crippen LogP contribution in [0.4, 0.5) is 0 Å². The fraction of sp³-hybridized carbons (Fsp3) is 0.316. The predicted octanol–water partition coefficient (Wildman–Crippen LogP) is 2.66. The number of H-pyrrole nitrogens is 1. The molecule has 0 amide bonds. The normalized spacial score (nSPS) is 15.6. The summed E-state index contributed by atoms with van der Waals surface area (Å²) in [6.45, 7) is 5.89. The van der Waals surface area contributed by atoms with E-state index in [0.717, 1.165) is 54.9 Å².